The predicted molar refractivity (Wildman–Crippen MR) is 161 cm³/mol. The number of ether oxygens (including phenoxy) is 3. The molecule has 1 saturated heterocycles. The van der Waals surface area contributed by atoms with Crippen molar-refractivity contribution in [1.29, 1.82) is 0 Å². The zero-order chi connectivity index (χ0) is 30.1. The summed E-state index contributed by atoms with van der Waals surface area (Å²) >= 11 is 7.08. The van der Waals surface area contributed by atoms with Gasteiger partial charge in [-0.15, -0.1) is 0 Å². The molecule has 1 aromatic heterocycles. The van der Waals surface area contributed by atoms with Crippen molar-refractivity contribution >= 4 is 34.4 Å². The summed E-state index contributed by atoms with van der Waals surface area (Å²) < 4.78 is 44.6. The van der Waals surface area contributed by atoms with Gasteiger partial charge in [0.05, 0.1) is 23.1 Å². The Bertz CT molecular complexity index is 1550. The number of fused-ring (bicyclic) bond motifs is 2. The second-order valence-corrected chi connectivity index (χ2v) is 12.3. The molecule has 3 heterocycles. The average Bonchev–Trinajstić information content (AvgIpc) is 3.74. The Morgan fingerprint density at radius 3 is 2.77 bits per heavy atom. The van der Waals surface area contributed by atoms with E-state index in [9.17, 15) is 13.6 Å². The zero-order valence-corrected chi connectivity index (χ0v) is 25.5. The van der Waals surface area contributed by atoms with E-state index in [2.05, 4.69) is 21.7 Å². The standard InChI is InChI=1S/C31H33ClF2N4O4S/c1-17-18(4-3-5-25(17)40-2)16-38(20-6-7-20)30(39)27-21(12-19-13-35-14-24(27)37-19)26-15-36-31(43-26)42-11-10-41-29-23(33)9-8-22(32)28(29)34/h3-5,8-9,15,19-20,24,35,37H,6-7,10-14,16H2,1-2H3/t19-,24-/m1/s1. The van der Waals surface area contributed by atoms with Crippen LogP contribution in [0.2, 0.25) is 5.02 Å². The van der Waals surface area contributed by atoms with Gasteiger partial charge in [0.1, 0.15) is 19.0 Å². The highest BCUT2D eigenvalue weighted by molar-refractivity contribution is 7.14. The fourth-order valence-corrected chi connectivity index (χ4v) is 6.73. The summed E-state index contributed by atoms with van der Waals surface area (Å²) in [6, 6.07) is 8.42. The van der Waals surface area contributed by atoms with Crippen LogP contribution in [-0.4, -0.2) is 67.3 Å². The van der Waals surface area contributed by atoms with Crippen LogP contribution in [0.4, 0.5) is 8.78 Å². The summed E-state index contributed by atoms with van der Waals surface area (Å²) in [6.45, 7) is 3.93. The number of piperazine rings is 1. The summed E-state index contributed by atoms with van der Waals surface area (Å²) in [6.07, 6.45) is 4.39. The van der Waals surface area contributed by atoms with E-state index in [1.807, 2.05) is 24.0 Å². The third-order valence-electron chi connectivity index (χ3n) is 8.08. The van der Waals surface area contributed by atoms with Crippen LogP contribution in [0.25, 0.3) is 5.57 Å². The van der Waals surface area contributed by atoms with E-state index >= 15 is 0 Å². The monoisotopic (exact) mass is 630 g/mol. The molecule has 3 aromatic rings. The van der Waals surface area contributed by atoms with Gasteiger partial charge in [0.15, 0.2) is 17.4 Å². The number of rotatable bonds is 11. The highest BCUT2D eigenvalue weighted by Gasteiger charge is 2.41. The van der Waals surface area contributed by atoms with Gasteiger partial charge >= 0.3 is 0 Å². The van der Waals surface area contributed by atoms with E-state index in [0.29, 0.717) is 24.7 Å². The summed E-state index contributed by atoms with van der Waals surface area (Å²) in [5.74, 6) is -1.48. The van der Waals surface area contributed by atoms with Gasteiger partial charge in [-0.25, -0.2) is 13.8 Å². The molecule has 2 atom stereocenters. The Morgan fingerprint density at radius 1 is 1.16 bits per heavy atom. The molecule has 2 aromatic carbocycles. The Balaban J connectivity index is 1.21. The van der Waals surface area contributed by atoms with Gasteiger partial charge < -0.3 is 29.7 Å². The van der Waals surface area contributed by atoms with Gasteiger partial charge in [0.2, 0.25) is 0 Å². The van der Waals surface area contributed by atoms with E-state index in [0.717, 1.165) is 64.4 Å². The minimum atomic E-state index is -0.949. The molecule has 43 heavy (non-hydrogen) atoms. The van der Waals surface area contributed by atoms with E-state index in [1.54, 1.807) is 13.3 Å². The molecule has 8 nitrogen and oxygen atoms in total. The summed E-state index contributed by atoms with van der Waals surface area (Å²) in [5, 5.41) is 7.28. The number of carbonyl (C=O) groups excluding carboxylic acids is 1. The maximum atomic E-state index is 14.4. The summed E-state index contributed by atoms with van der Waals surface area (Å²) in [7, 11) is 1.66. The van der Waals surface area contributed by atoms with E-state index in [4.69, 9.17) is 25.8 Å². The Hall–Kier alpha value is -3.25. The van der Waals surface area contributed by atoms with Crippen molar-refractivity contribution in [3.8, 4) is 16.7 Å². The lowest BCUT2D eigenvalue weighted by Crippen LogP contribution is -2.59. The highest BCUT2D eigenvalue weighted by Crippen LogP contribution is 2.39. The highest BCUT2D eigenvalue weighted by atomic mass is 35.5. The van der Waals surface area contributed by atoms with Crippen LogP contribution in [0, 0.1) is 18.6 Å². The number of carbonyl (C=O) groups is 1. The summed E-state index contributed by atoms with van der Waals surface area (Å²) in [4.78, 5) is 21.7. The first-order valence-electron chi connectivity index (χ1n) is 14.3. The number of aromatic nitrogens is 1. The molecule has 0 radical (unpaired) electrons. The lowest BCUT2D eigenvalue weighted by atomic mass is 9.86. The second-order valence-electron chi connectivity index (χ2n) is 10.9. The smallest absolute Gasteiger partial charge is 0.273 e. The molecule has 6 rings (SSSR count). The molecule has 2 bridgehead atoms. The average molecular weight is 631 g/mol. The van der Waals surface area contributed by atoms with Crippen LogP contribution in [0.5, 0.6) is 16.7 Å². The van der Waals surface area contributed by atoms with Crippen molar-refractivity contribution in [1.82, 2.24) is 20.5 Å². The molecular formula is C31H33ClF2N4O4S. The fraction of sp³-hybridized carbons (Fsp3) is 0.419. The lowest BCUT2D eigenvalue weighted by molar-refractivity contribution is -0.128. The van der Waals surface area contributed by atoms with Gasteiger partial charge in [0, 0.05) is 43.5 Å². The molecule has 3 aliphatic rings. The number of nitrogens with zero attached hydrogens (tertiary/aromatic N) is 2. The SMILES string of the molecule is COc1cccc(CN(C(=O)C2=C(c3cnc(OCCOc4c(F)ccc(Cl)c4F)s3)C[C@@H]3CNC[C@H]2N3)C2CC2)c1C. The van der Waals surface area contributed by atoms with Gasteiger partial charge in [-0.05, 0) is 61.1 Å². The fourth-order valence-electron chi connectivity index (χ4n) is 5.72. The van der Waals surface area contributed by atoms with Crippen LogP contribution < -0.4 is 24.8 Å². The molecule has 0 spiro atoms. The molecule has 2 N–H and O–H groups in total. The third kappa shape index (κ3) is 6.35. The molecule has 1 saturated carbocycles. The molecule has 2 fully saturated rings. The van der Waals surface area contributed by atoms with Crippen molar-refractivity contribution in [2.24, 2.45) is 0 Å². The largest absolute Gasteiger partial charge is 0.496 e. The molecule has 228 valence electrons. The Kier molecular flexibility index (Phi) is 8.85. The van der Waals surface area contributed by atoms with Gasteiger partial charge in [-0.1, -0.05) is 35.1 Å². The lowest BCUT2D eigenvalue weighted by Gasteiger charge is -2.40. The molecule has 1 amide bonds. The van der Waals surface area contributed by atoms with Crippen LogP contribution in [0.3, 0.4) is 0 Å². The number of hydrogen-bond acceptors (Lipinski definition) is 8. The van der Waals surface area contributed by atoms with Crippen molar-refractivity contribution in [3.05, 3.63) is 74.8 Å². The van der Waals surface area contributed by atoms with Crippen molar-refractivity contribution in [2.75, 3.05) is 33.4 Å². The number of methoxy groups -OCH3 is 1. The first-order valence-corrected chi connectivity index (χ1v) is 15.5. The maximum absolute atomic E-state index is 14.4. The Morgan fingerprint density at radius 2 is 1.98 bits per heavy atom. The molecule has 0 unspecified atom stereocenters. The van der Waals surface area contributed by atoms with Crippen LogP contribution >= 0.6 is 22.9 Å². The van der Waals surface area contributed by atoms with E-state index < -0.39 is 17.4 Å². The number of hydrogen-bond donors (Lipinski definition) is 2. The molecular weight excluding hydrogens is 598 g/mol. The van der Waals surface area contributed by atoms with Crippen LogP contribution in [-0.2, 0) is 11.3 Å². The van der Waals surface area contributed by atoms with Crippen LogP contribution in [0.15, 0.2) is 42.1 Å². The number of halogens is 3. The first kappa shape index (κ1) is 29.8. The first-order chi connectivity index (χ1) is 20.8. The number of benzene rings is 2. The van der Waals surface area contributed by atoms with E-state index in [-0.39, 0.29) is 42.3 Å². The predicted octanol–water partition coefficient (Wildman–Crippen LogP) is 5.13. The van der Waals surface area contributed by atoms with Crippen molar-refractivity contribution in [3.63, 3.8) is 0 Å². The maximum Gasteiger partial charge on any atom is 0.273 e. The minimum absolute atomic E-state index is 0.0231. The molecule has 12 heteroatoms. The normalized spacial score (nSPS) is 19.7. The van der Waals surface area contributed by atoms with Gasteiger partial charge in [0.25, 0.3) is 11.1 Å². The topological polar surface area (TPSA) is 85.0 Å². The van der Waals surface area contributed by atoms with Crippen LogP contribution in [0.1, 0.15) is 35.3 Å². The third-order valence-corrected chi connectivity index (χ3v) is 9.34. The summed E-state index contributed by atoms with van der Waals surface area (Å²) in [5.41, 5.74) is 3.85. The van der Waals surface area contributed by atoms with Gasteiger partial charge in [-0.3, -0.25) is 4.79 Å². The molecule has 1 aliphatic carbocycles. The second kappa shape index (κ2) is 12.8. The molecule has 2 aliphatic heterocycles. The Labute approximate surface area is 258 Å². The van der Waals surface area contributed by atoms with Crippen molar-refractivity contribution < 1.29 is 27.8 Å². The van der Waals surface area contributed by atoms with Crippen molar-refractivity contribution in [2.45, 2.75) is 50.9 Å². The number of thiazole rings is 1. The quantitative estimate of drug-likeness (QED) is 0.225. The minimum Gasteiger partial charge on any atom is -0.496 e. The number of amides is 1. The van der Waals surface area contributed by atoms with Gasteiger partial charge in [-0.2, -0.15) is 0 Å². The zero-order valence-electron chi connectivity index (χ0n) is 23.9. The van der Waals surface area contributed by atoms with E-state index in [1.165, 1.54) is 11.3 Å². The number of nitrogens with one attached hydrogen (secondary N) is 2.